The summed E-state index contributed by atoms with van der Waals surface area (Å²) in [5.74, 6) is 0.792. The topological polar surface area (TPSA) is 37.8 Å². The first-order chi connectivity index (χ1) is 7.16. The van der Waals surface area contributed by atoms with E-state index in [0.717, 1.165) is 16.7 Å². The molecule has 15 heavy (non-hydrogen) atoms. The molecule has 0 amide bonds. The summed E-state index contributed by atoms with van der Waals surface area (Å²) in [6, 6.07) is 8.13. The van der Waals surface area contributed by atoms with E-state index in [1.165, 1.54) is 0 Å². The normalized spacial score (nSPS) is 10.9. The van der Waals surface area contributed by atoms with Crippen molar-refractivity contribution in [2.24, 2.45) is 0 Å². The van der Waals surface area contributed by atoms with E-state index in [-0.39, 0.29) is 5.28 Å². The Morgan fingerprint density at radius 3 is 2.67 bits per heavy atom. The number of fused-ring (bicyclic) bond motifs is 1. The smallest absolute Gasteiger partial charge is 0.224 e. The minimum atomic E-state index is 0.275. The Kier molecular flexibility index (Phi) is 2.73. The summed E-state index contributed by atoms with van der Waals surface area (Å²) in [5, 5.41) is 4.52. The molecule has 2 aromatic rings. The molecule has 1 aromatic carbocycles. The molecule has 0 unspecified atom stereocenters. The molecule has 4 heteroatoms. The van der Waals surface area contributed by atoms with Gasteiger partial charge in [0.05, 0.1) is 5.52 Å². The Labute approximate surface area is 93.5 Å². The largest absolute Gasteiger partial charge is 0.367 e. The highest BCUT2D eigenvalue weighted by molar-refractivity contribution is 6.28. The van der Waals surface area contributed by atoms with Crippen molar-refractivity contribution in [2.75, 3.05) is 5.32 Å². The Bertz CT molecular complexity index is 482. The maximum absolute atomic E-state index is 5.85. The van der Waals surface area contributed by atoms with Crippen LogP contribution in [-0.4, -0.2) is 16.0 Å². The lowest BCUT2D eigenvalue weighted by Gasteiger charge is -2.11. The van der Waals surface area contributed by atoms with Gasteiger partial charge in [0.25, 0.3) is 0 Å². The third kappa shape index (κ3) is 2.18. The van der Waals surface area contributed by atoms with E-state index < -0.39 is 0 Å². The monoisotopic (exact) mass is 221 g/mol. The summed E-state index contributed by atoms with van der Waals surface area (Å²) in [5.41, 5.74) is 0.862. The molecule has 0 aliphatic carbocycles. The van der Waals surface area contributed by atoms with Crippen LogP contribution in [0.5, 0.6) is 0 Å². The Morgan fingerprint density at radius 1 is 1.20 bits per heavy atom. The van der Waals surface area contributed by atoms with Crippen LogP contribution in [0.15, 0.2) is 24.3 Å². The molecule has 3 nitrogen and oxygen atoms in total. The molecular weight excluding hydrogens is 210 g/mol. The number of benzene rings is 1. The first-order valence-corrected chi connectivity index (χ1v) is 5.23. The minimum absolute atomic E-state index is 0.275. The van der Waals surface area contributed by atoms with Crippen molar-refractivity contribution < 1.29 is 0 Å². The summed E-state index contributed by atoms with van der Waals surface area (Å²) >= 11 is 5.85. The summed E-state index contributed by atoms with van der Waals surface area (Å²) in [4.78, 5) is 8.34. The molecular formula is C11H12ClN3. The van der Waals surface area contributed by atoms with Gasteiger partial charge in [-0.3, -0.25) is 0 Å². The maximum Gasteiger partial charge on any atom is 0.224 e. The Balaban J connectivity index is 2.60. The lowest BCUT2D eigenvalue weighted by atomic mass is 10.2. The number of aromatic nitrogens is 2. The first-order valence-electron chi connectivity index (χ1n) is 4.85. The van der Waals surface area contributed by atoms with Gasteiger partial charge in [-0.1, -0.05) is 12.1 Å². The lowest BCUT2D eigenvalue weighted by Crippen LogP contribution is -2.11. The van der Waals surface area contributed by atoms with E-state index >= 15 is 0 Å². The standard InChI is InChI=1S/C11H12ClN3/c1-7(2)13-10-8-5-3-4-6-9(8)14-11(12)15-10/h3-7H,1-2H3,(H,13,14,15). The average molecular weight is 222 g/mol. The van der Waals surface area contributed by atoms with Gasteiger partial charge >= 0.3 is 0 Å². The van der Waals surface area contributed by atoms with Crippen molar-refractivity contribution in [3.63, 3.8) is 0 Å². The quantitative estimate of drug-likeness (QED) is 0.792. The zero-order valence-electron chi connectivity index (χ0n) is 8.66. The van der Waals surface area contributed by atoms with Crippen LogP contribution in [0.4, 0.5) is 5.82 Å². The van der Waals surface area contributed by atoms with Gasteiger partial charge in [-0.25, -0.2) is 9.97 Å². The van der Waals surface area contributed by atoms with Gasteiger partial charge in [-0.15, -0.1) is 0 Å². The van der Waals surface area contributed by atoms with Crippen LogP contribution in [0.2, 0.25) is 5.28 Å². The minimum Gasteiger partial charge on any atom is -0.367 e. The van der Waals surface area contributed by atoms with Gasteiger partial charge in [0, 0.05) is 11.4 Å². The van der Waals surface area contributed by atoms with Gasteiger partial charge in [-0.05, 0) is 37.6 Å². The van der Waals surface area contributed by atoms with Gasteiger partial charge in [-0.2, -0.15) is 0 Å². The van der Waals surface area contributed by atoms with E-state index in [1.54, 1.807) is 0 Å². The van der Waals surface area contributed by atoms with Crippen LogP contribution in [0, 0.1) is 0 Å². The van der Waals surface area contributed by atoms with E-state index in [9.17, 15) is 0 Å². The predicted molar refractivity (Wildman–Crippen MR) is 63.3 cm³/mol. The molecule has 78 valence electrons. The molecule has 0 fully saturated rings. The SMILES string of the molecule is CC(C)Nc1nc(Cl)nc2ccccc12. The Morgan fingerprint density at radius 2 is 1.93 bits per heavy atom. The molecule has 1 aromatic heterocycles. The van der Waals surface area contributed by atoms with E-state index in [1.807, 2.05) is 24.3 Å². The second kappa shape index (κ2) is 4.03. The molecule has 1 heterocycles. The van der Waals surface area contributed by atoms with Gasteiger partial charge < -0.3 is 5.32 Å². The molecule has 0 saturated heterocycles. The first kappa shape index (κ1) is 10.2. The van der Waals surface area contributed by atoms with Crippen molar-refractivity contribution in [1.82, 2.24) is 9.97 Å². The summed E-state index contributed by atoms with van der Waals surface area (Å²) in [6.45, 7) is 4.12. The van der Waals surface area contributed by atoms with Crippen molar-refractivity contribution in [3.8, 4) is 0 Å². The van der Waals surface area contributed by atoms with Crippen LogP contribution in [0.1, 0.15) is 13.8 Å². The van der Waals surface area contributed by atoms with Crippen LogP contribution in [0.3, 0.4) is 0 Å². The van der Waals surface area contributed by atoms with Gasteiger partial charge in [0.1, 0.15) is 5.82 Å². The van der Waals surface area contributed by atoms with Crippen molar-refractivity contribution in [2.45, 2.75) is 19.9 Å². The van der Waals surface area contributed by atoms with Gasteiger partial charge in [0.15, 0.2) is 0 Å². The molecule has 0 bridgehead atoms. The number of anilines is 1. The fraction of sp³-hybridized carbons (Fsp3) is 0.273. The second-order valence-electron chi connectivity index (χ2n) is 3.66. The third-order valence-electron chi connectivity index (χ3n) is 2.00. The summed E-state index contributed by atoms with van der Waals surface area (Å²) in [6.07, 6.45) is 0. The van der Waals surface area contributed by atoms with E-state index in [2.05, 4.69) is 29.1 Å². The van der Waals surface area contributed by atoms with Gasteiger partial charge in [0.2, 0.25) is 5.28 Å². The number of hydrogen-bond donors (Lipinski definition) is 1. The molecule has 0 atom stereocenters. The Hall–Kier alpha value is -1.35. The predicted octanol–water partition coefficient (Wildman–Crippen LogP) is 3.10. The zero-order valence-corrected chi connectivity index (χ0v) is 9.42. The second-order valence-corrected chi connectivity index (χ2v) is 4.00. The van der Waals surface area contributed by atoms with Crippen molar-refractivity contribution in [3.05, 3.63) is 29.5 Å². The van der Waals surface area contributed by atoms with Crippen LogP contribution >= 0.6 is 11.6 Å². The molecule has 0 radical (unpaired) electrons. The summed E-state index contributed by atoms with van der Waals surface area (Å²) in [7, 11) is 0. The summed E-state index contributed by atoms with van der Waals surface area (Å²) < 4.78 is 0. The highest BCUT2D eigenvalue weighted by Gasteiger charge is 2.06. The molecule has 0 aliphatic rings. The highest BCUT2D eigenvalue weighted by Crippen LogP contribution is 2.22. The number of halogens is 1. The molecule has 0 saturated carbocycles. The fourth-order valence-corrected chi connectivity index (χ4v) is 1.61. The zero-order chi connectivity index (χ0) is 10.8. The number of nitrogens with zero attached hydrogens (tertiary/aromatic N) is 2. The number of hydrogen-bond acceptors (Lipinski definition) is 3. The number of rotatable bonds is 2. The molecule has 2 rings (SSSR count). The highest BCUT2D eigenvalue weighted by atomic mass is 35.5. The van der Waals surface area contributed by atoms with E-state index in [4.69, 9.17) is 11.6 Å². The van der Waals surface area contributed by atoms with Crippen molar-refractivity contribution >= 4 is 28.3 Å². The molecule has 1 N–H and O–H groups in total. The molecule has 0 aliphatic heterocycles. The maximum atomic E-state index is 5.85. The van der Waals surface area contributed by atoms with E-state index in [0.29, 0.717) is 6.04 Å². The third-order valence-corrected chi connectivity index (χ3v) is 2.17. The van der Waals surface area contributed by atoms with Crippen LogP contribution < -0.4 is 5.32 Å². The lowest BCUT2D eigenvalue weighted by molar-refractivity contribution is 0.890. The fourth-order valence-electron chi connectivity index (χ4n) is 1.43. The van der Waals surface area contributed by atoms with Crippen LogP contribution in [-0.2, 0) is 0 Å². The van der Waals surface area contributed by atoms with Crippen molar-refractivity contribution in [1.29, 1.82) is 0 Å². The molecule has 0 spiro atoms. The average Bonchev–Trinajstić information content (AvgIpc) is 2.16. The number of para-hydroxylation sites is 1. The number of nitrogens with one attached hydrogen (secondary N) is 1. The van der Waals surface area contributed by atoms with Crippen LogP contribution in [0.25, 0.3) is 10.9 Å².